The molecule has 0 heterocycles. The second kappa shape index (κ2) is 11.2. The lowest BCUT2D eigenvalue weighted by Gasteiger charge is -2.36. The Morgan fingerprint density at radius 2 is 1.59 bits per heavy atom. The molecule has 0 fully saturated rings. The molecule has 0 saturated heterocycles. The number of carbonyl (C=O) groups is 1. The minimum atomic E-state index is -1.68. The van der Waals surface area contributed by atoms with Gasteiger partial charge in [0.15, 0.2) is 8.32 Å². The lowest BCUT2D eigenvalue weighted by atomic mass is 10.2. The second-order valence-corrected chi connectivity index (χ2v) is 12.1. The molecule has 0 rings (SSSR count). The number of carbonyl (C=O) groups excluding carboxylic acids is 1. The predicted octanol–water partition coefficient (Wildman–Crippen LogP) is 4.54. The molecule has 4 nitrogen and oxygen atoms in total. The topological polar surface area (TPSA) is 44.8 Å². The Labute approximate surface area is 138 Å². The molecule has 5 heteroatoms. The second-order valence-electron chi connectivity index (χ2n) is 7.25. The Balaban J connectivity index is 3.49. The molecule has 0 bridgehead atoms. The van der Waals surface area contributed by atoms with Crippen LogP contribution in [0.25, 0.3) is 0 Å². The highest BCUT2D eigenvalue weighted by atomic mass is 28.4. The van der Waals surface area contributed by atoms with E-state index in [-0.39, 0.29) is 11.0 Å². The summed E-state index contributed by atoms with van der Waals surface area (Å²) in [5, 5.41) is 0.223. The van der Waals surface area contributed by atoms with Crippen LogP contribution < -0.4 is 0 Å². The van der Waals surface area contributed by atoms with Crippen LogP contribution in [-0.2, 0) is 18.7 Å². The first-order chi connectivity index (χ1) is 10.2. The molecule has 132 valence electrons. The molecule has 0 radical (unpaired) electrons. The molecule has 0 saturated carbocycles. The summed E-state index contributed by atoms with van der Waals surface area (Å²) in [6.45, 7) is 15.2. The van der Waals surface area contributed by atoms with Crippen LogP contribution >= 0.6 is 0 Å². The van der Waals surface area contributed by atoms with E-state index < -0.39 is 8.32 Å². The van der Waals surface area contributed by atoms with Gasteiger partial charge < -0.3 is 13.9 Å². The van der Waals surface area contributed by atoms with Gasteiger partial charge in [-0.25, -0.2) is 0 Å². The number of hydrogen-bond acceptors (Lipinski definition) is 4. The summed E-state index contributed by atoms with van der Waals surface area (Å²) in [5.41, 5.74) is 0. The minimum Gasteiger partial charge on any atom is -0.463 e. The lowest BCUT2D eigenvalue weighted by Crippen LogP contribution is -2.41. The number of unbranched alkanes of at least 4 members (excludes halogenated alkanes) is 3. The first-order valence-corrected chi connectivity index (χ1v) is 11.5. The molecule has 0 aromatic heterocycles. The molecule has 0 aromatic carbocycles. The number of esters is 1. The maximum atomic E-state index is 11.4. The molecule has 0 aliphatic heterocycles. The van der Waals surface area contributed by atoms with Crippen molar-refractivity contribution in [3.63, 3.8) is 0 Å². The summed E-state index contributed by atoms with van der Waals surface area (Å²) in [6.07, 6.45) is 4.92. The van der Waals surface area contributed by atoms with Crippen molar-refractivity contribution < 1.29 is 18.7 Å². The number of hydrogen-bond donors (Lipinski definition) is 0. The Kier molecular flexibility index (Phi) is 11.0. The fourth-order valence-corrected chi connectivity index (χ4v) is 2.68. The third-order valence-electron chi connectivity index (χ3n) is 4.22. The van der Waals surface area contributed by atoms with Gasteiger partial charge in [0.2, 0.25) is 0 Å². The van der Waals surface area contributed by atoms with Gasteiger partial charge in [-0.05, 0) is 24.6 Å². The minimum absolute atomic E-state index is 0.114. The van der Waals surface area contributed by atoms with Crippen molar-refractivity contribution in [1.82, 2.24) is 0 Å². The normalized spacial score (nSPS) is 12.5. The zero-order chi connectivity index (χ0) is 17.1. The van der Waals surface area contributed by atoms with Crippen molar-refractivity contribution in [1.29, 1.82) is 0 Å². The maximum Gasteiger partial charge on any atom is 0.305 e. The standard InChI is InChI=1S/C17H36O4Si/c1-7-8-9-10-11-16(18)20-14-12-19-13-15-21-22(5,6)17(2,3)4/h7-15H2,1-6H3. The van der Waals surface area contributed by atoms with E-state index in [4.69, 9.17) is 13.9 Å². The van der Waals surface area contributed by atoms with Gasteiger partial charge in [-0.15, -0.1) is 0 Å². The number of rotatable bonds is 12. The Bertz CT molecular complexity index is 298. The van der Waals surface area contributed by atoms with Crippen molar-refractivity contribution in [3.05, 3.63) is 0 Å². The summed E-state index contributed by atoms with van der Waals surface area (Å²) >= 11 is 0. The van der Waals surface area contributed by atoms with Crippen LogP contribution in [0.2, 0.25) is 18.1 Å². The Morgan fingerprint density at radius 3 is 2.18 bits per heavy atom. The van der Waals surface area contributed by atoms with Crippen LogP contribution in [0.4, 0.5) is 0 Å². The monoisotopic (exact) mass is 332 g/mol. The van der Waals surface area contributed by atoms with Gasteiger partial charge in [-0.3, -0.25) is 4.79 Å². The van der Waals surface area contributed by atoms with Gasteiger partial charge in [-0.1, -0.05) is 47.0 Å². The molecule has 0 spiro atoms. The largest absolute Gasteiger partial charge is 0.463 e. The predicted molar refractivity (Wildman–Crippen MR) is 93.7 cm³/mol. The summed E-state index contributed by atoms with van der Waals surface area (Å²) in [6, 6.07) is 0. The lowest BCUT2D eigenvalue weighted by molar-refractivity contribution is -0.145. The molecule has 0 unspecified atom stereocenters. The van der Waals surface area contributed by atoms with Gasteiger partial charge in [0.1, 0.15) is 6.61 Å². The molecule has 0 aromatic rings. The third kappa shape index (κ3) is 10.4. The van der Waals surface area contributed by atoms with Crippen molar-refractivity contribution >= 4 is 14.3 Å². The Hall–Kier alpha value is -0.393. The van der Waals surface area contributed by atoms with Crippen molar-refractivity contribution in [2.75, 3.05) is 26.4 Å². The van der Waals surface area contributed by atoms with Crippen molar-refractivity contribution in [3.8, 4) is 0 Å². The van der Waals surface area contributed by atoms with Crippen molar-refractivity contribution in [2.24, 2.45) is 0 Å². The van der Waals surface area contributed by atoms with E-state index in [2.05, 4.69) is 40.8 Å². The average Bonchev–Trinajstić information content (AvgIpc) is 2.41. The highest BCUT2D eigenvalue weighted by Crippen LogP contribution is 2.36. The zero-order valence-corrected chi connectivity index (χ0v) is 16.5. The van der Waals surface area contributed by atoms with E-state index in [9.17, 15) is 4.79 Å². The van der Waals surface area contributed by atoms with Gasteiger partial charge in [-0.2, -0.15) is 0 Å². The average molecular weight is 333 g/mol. The molecule has 0 aliphatic carbocycles. The summed E-state index contributed by atoms with van der Waals surface area (Å²) in [7, 11) is -1.68. The van der Waals surface area contributed by atoms with Gasteiger partial charge in [0.25, 0.3) is 0 Å². The highest BCUT2D eigenvalue weighted by Gasteiger charge is 2.36. The fraction of sp³-hybridized carbons (Fsp3) is 0.941. The smallest absolute Gasteiger partial charge is 0.305 e. The summed E-state index contributed by atoms with van der Waals surface area (Å²) in [5.74, 6) is -0.114. The van der Waals surface area contributed by atoms with E-state index in [1.54, 1.807) is 0 Å². The van der Waals surface area contributed by atoms with E-state index in [1.807, 2.05) is 0 Å². The molecule has 0 atom stereocenters. The van der Waals surface area contributed by atoms with Gasteiger partial charge >= 0.3 is 5.97 Å². The van der Waals surface area contributed by atoms with E-state index in [1.165, 1.54) is 12.8 Å². The quantitative estimate of drug-likeness (QED) is 0.299. The van der Waals surface area contributed by atoms with Crippen LogP contribution in [0.5, 0.6) is 0 Å². The molecular formula is C17H36O4Si. The first-order valence-electron chi connectivity index (χ1n) is 8.58. The maximum absolute atomic E-state index is 11.4. The first kappa shape index (κ1) is 21.6. The van der Waals surface area contributed by atoms with Gasteiger partial charge in [0.05, 0.1) is 19.8 Å². The Morgan fingerprint density at radius 1 is 0.955 bits per heavy atom. The molecule has 0 N–H and O–H groups in total. The van der Waals surface area contributed by atoms with Crippen LogP contribution in [0.15, 0.2) is 0 Å². The van der Waals surface area contributed by atoms with Crippen LogP contribution in [-0.4, -0.2) is 40.7 Å². The molecule has 0 amide bonds. The van der Waals surface area contributed by atoms with Crippen LogP contribution in [0.3, 0.4) is 0 Å². The third-order valence-corrected chi connectivity index (χ3v) is 8.76. The zero-order valence-electron chi connectivity index (χ0n) is 15.5. The van der Waals surface area contributed by atoms with E-state index in [0.29, 0.717) is 32.8 Å². The number of ether oxygens (including phenoxy) is 2. The van der Waals surface area contributed by atoms with E-state index in [0.717, 1.165) is 12.8 Å². The van der Waals surface area contributed by atoms with Gasteiger partial charge in [0, 0.05) is 6.42 Å². The summed E-state index contributed by atoms with van der Waals surface area (Å²) in [4.78, 5) is 11.4. The van der Waals surface area contributed by atoms with Crippen molar-refractivity contribution in [2.45, 2.75) is 77.9 Å². The summed E-state index contributed by atoms with van der Waals surface area (Å²) < 4.78 is 16.6. The van der Waals surface area contributed by atoms with Crippen LogP contribution in [0.1, 0.15) is 59.8 Å². The highest BCUT2D eigenvalue weighted by molar-refractivity contribution is 6.74. The van der Waals surface area contributed by atoms with Crippen LogP contribution in [0, 0.1) is 0 Å². The van der Waals surface area contributed by atoms with E-state index >= 15 is 0 Å². The fourth-order valence-electron chi connectivity index (χ4n) is 1.66. The molecular weight excluding hydrogens is 296 g/mol. The SMILES string of the molecule is CCCCCCC(=O)OCCOCCO[Si](C)(C)C(C)(C)C. The molecule has 22 heavy (non-hydrogen) atoms. The molecule has 0 aliphatic rings.